The summed E-state index contributed by atoms with van der Waals surface area (Å²) in [5.41, 5.74) is 20.5. The maximum Gasteiger partial charge on any atom is 0.139 e. The molecule has 2 nitrogen and oxygen atoms in total. The van der Waals surface area contributed by atoms with Crippen LogP contribution in [0.4, 0.5) is 0 Å². The number of fused-ring (bicyclic) bond motifs is 6. The molecule has 0 saturated carbocycles. The van der Waals surface area contributed by atoms with Crippen molar-refractivity contribution in [2.24, 2.45) is 0 Å². The van der Waals surface area contributed by atoms with Gasteiger partial charge >= 0.3 is 0 Å². The fourth-order valence-corrected chi connectivity index (χ4v) is 10.6. The zero-order valence-electron chi connectivity index (χ0n) is 41.3. The van der Waals surface area contributed by atoms with Crippen molar-refractivity contribution in [3.8, 4) is 67.0 Å². The van der Waals surface area contributed by atoms with Gasteiger partial charge in [-0.25, -0.2) is 0 Å². The molecule has 0 spiro atoms. The minimum atomic E-state index is 0.0952. The van der Waals surface area contributed by atoms with Gasteiger partial charge in [-0.1, -0.05) is 193 Å². The second-order valence-corrected chi connectivity index (χ2v) is 21.3. The van der Waals surface area contributed by atoms with Crippen LogP contribution in [0.5, 0.6) is 0 Å². The predicted molar refractivity (Wildman–Crippen MR) is 300 cm³/mol. The Bertz CT molecular complexity index is 3600. The minimum Gasteiger partial charge on any atom is -0.256 e. The Morgan fingerprint density at radius 1 is 0.333 bits per heavy atom. The van der Waals surface area contributed by atoms with Crippen molar-refractivity contribution in [3.63, 3.8) is 0 Å². The number of nitrogens with zero attached hydrogens (tertiary/aromatic N) is 2. The smallest absolute Gasteiger partial charge is 0.139 e. The van der Waals surface area contributed by atoms with Gasteiger partial charge in [0.25, 0.3) is 0 Å². The molecular weight excluding hydrogens is 832 g/mol. The largest absolute Gasteiger partial charge is 0.256 e. The van der Waals surface area contributed by atoms with Crippen molar-refractivity contribution in [1.29, 1.82) is 0 Å². The van der Waals surface area contributed by atoms with Gasteiger partial charge in [-0.2, -0.15) is 0 Å². The molecule has 0 aliphatic heterocycles. The second-order valence-electron chi connectivity index (χ2n) is 21.3. The highest BCUT2D eigenvalue weighted by Crippen LogP contribution is 2.42. The summed E-state index contributed by atoms with van der Waals surface area (Å²) in [6.45, 7) is 18.1. The third-order valence-corrected chi connectivity index (χ3v) is 14.4. The molecule has 0 fully saturated rings. The molecule has 334 valence electrons. The average molecular weight is 889 g/mol. The second kappa shape index (κ2) is 16.9. The first-order valence-corrected chi connectivity index (χ1v) is 24.4. The summed E-state index contributed by atoms with van der Waals surface area (Å²) >= 11 is 0. The molecule has 0 amide bonds. The molecule has 69 heavy (non-hydrogen) atoms. The number of aryl methyl sites for hydroxylation is 2. The van der Waals surface area contributed by atoms with Crippen molar-refractivity contribution in [3.05, 3.63) is 211 Å². The van der Waals surface area contributed by atoms with Gasteiger partial charge in [0.15, 0.2) is 0 Å². The van der Waals surface area contributed by atoms with Gasteiger partial charge in [0.1, 0.15) is 7.85 Å². The lowest BCUT2D eigenvalue weighted by atomic mass is 9.83. The van der Waals surface area contributed by atoms with Crippen LogP contribution in [-0.2, 0) is 10.8 Å². The van der Waals surface area contributed by atoms with E-state index in [9.17, 15) is 0 Å². The lowest BCUT2D eigenvalue weighted by Gasteiger charge is -2.20. The van der Waals surface area contributed by atoms with Gasteiger partial charge in [0.2, 0.25) is 0 Å². The summed E-state index contributed by atoms with van der Waals surface area (Å²) in [7, 11) is 2.21. The van der Waals surface area contributed by atoms with E-state index in [1.807, 2.05) is 12.4 Å². The Hall–Kier alpha value is -7.62. The van der Waals surface area contributed by atoms with Gasteiger partial charge in [-0.05, 0) is 154 Å². The van der Waals surface area contributed by atoms with Gasteiger partial charge in [0.05, 0.1) is 11.4 Å². The molecule has 3 heteroatoms. The van der Waals surface area contributed by atoms with Crippen molar-refractivity contribution in [2.45, 2.75) is 66.2 Å². The molecule has 9 aromatic carbocycles. The number of hydrogen-bond donors (Lipinski definition) is 0. The van der Waals surface area contributed by atoms with Crippen LogP contribution in [0.25, 0.3) is 110 Å². The van der Waals surface area contributed by atoms with Crippen LogP contribution < -0.4 is 5.46 Å². The minimum absolute atomic E-state index is 0.0952. The van der Waals surface area contributed by atoms with Crippen LogP contribution in [0.15, 0.2) is 188 Å². The molecule has 0 saturated heterocycles. The molecule has 0 N–H and O–H groups in total. The summed E-state index contributed by atoms with van der Waals surface area (Å²) in [6, 6.07) is 65.6. The SMILES string of the molecule is Bc1cc(-c2ccccc2-c2ccc(-c3nccc4c3ccc3cc(C(C)(C)C)ccc34)cc2C)cc(-c2ccccc2-c2ccc(-c3nccc4c3ccc3cc(C(C)(C)C)ccc34)cc2C)c1. The molecule has 0 aliphatic carbocycles. The van der Waals surface area contributed by atoms with Gasteiger partial charge < -0.3 is 0 Å². The normalized spacial score (nSPS) is 12.1. The van der Waals surface area contributed by atoms with E-state index in [1.54, 1.807) is 0 Å². The molecule has 0 aliphatic rings. The number of aromatic nitrogens is 2. The maximum atomic E-state index is 4.97. The zero-order chi connectivity index (χ0) is 47.8. The molecule has 11 aromatic rings. The van der Waals surface area contributed by atoms with E-state index in [4.69, 9.17) is 9.97 Å². The lowest BCUT2D eigenvalue weighted by molar-refractivity contribution is 0.591. The number of benzene rings is 9. The van der Waals surface area contributed by atoms with E-state index < -0.39 is 0 Å². The first kappa shape index (κ1) is 43.9. The molecule has 0 atom stereocenters. The lowest BCUT2D eigenvalue weighted by Crippen LogP contribution is -2.10. The molecule has 2 heterocycles. The highest BCUT2D eigenvalue weighted by atomic mass is 14.7. The summed E-state index contributed by atoms with van der Waals surface area (Å²) in [5.74, 6) is 0. The van der Waals surface area contributed by atoms with Gasteiger partial charge in [-0.15, -0.1) is 0 Å². The van der Waals surface area contributed by atoms with Crippen LogP contribution >= 0.6 is 0 Å². The maximum absolute atomic E-state index is 4.97. The van der Waals surface area contributed by atoms with E-state index in [0.29, 0.717) is 0 Å². The zero-order valence-corrected chi connectivity index (χ0v) is 41.3. The van der Waals surface area contributed by atoms with Crippen molar-refractivity contribution < 1.29 is 0 Å². The third kappa shape index (κ3) is 8.00. The third-order valence-electron chi connectivity index (χ3n) is 14.4. The quantitative estimate of drug-likeness (QED) is 0.123. The molecule has 2 aromatic heterocycles. The Morgan fingerprint density at radius 3 is 1.14 bits per heavy atom. The number of pyridine rings is 2. The number of rotatable bonds is 6. The monoisotopic (exact) mass is 888 g/mol. The summed E-state index contributed by atoms with van der Waals surface area (Å²) < 4.78 is 0. The van der Waals surface area contributed by atoms with Crippen molar-refractivity contribution in [2.75, 3.05) is 0 Å². The topological polar surface area (TPSA) is 25.8 Å². The fraction of sp³-hybridized carbons (Fsp3) is 0.152. The summed E-state index contributed by atoms with van der Waals surface area (Å²) in [6.07, 6.45) is 3.92. The summed E-state index contributed by atoms with van der Waals surface area (Å²) in [5, 5.41) is 9.86. The Morgan fingerprint density at radius 2 is 0.739 bits per heavy atom. The predicted octanol–water partition coefficient (Wildman–Crippen LogP) is 16.6. The molecule has 0 radical (unpaired) electrons. The molecule has 0 bridgehead atoms. The van der Waals surface area contributed by atoms with E-state index in [0.717, 1.165) is 22.5 Å². The Balaban J connectivity index is 0.930. The van der Waals surface area contributed by atoms with E-state index >= 15 is 0 Å². The van der Waals surface area contributed by atoms with E-state index in [-0.39, 0.29) is 10.8 Å². The van der Waals surface area contributed by atoms with Crippen LogP contribution in [0, 0.1) is 13.8 Å². The van der Waals surface area contributed by atoms with Gasteiger partial charge in [0, 0.05) is 34.3 Å². The van der Waals surface area contributed by atoms with Crippen molar-refractivity contribution in [1.82, 2.24) is 9.97 Å². The van der Waals surface area contributed by atoms with E-state index in [2.05, 4.69) is 239 Å². The van der Waals surface area contributed by atoms with Crippen LogP contribution in [0.1, 0.15) is 63.8 Å². The number of hydrogen-bond acceptors (Lipinski definition) is 2. The standard InChI is InChI=1S/C66H57BN2/c1-40-33-44(63-61-25-17-42-36-48(65(3,4)5)21-27-55(42)59(61)29-31-68-63)19-23-51(40)57-15-11-9-13-53(57)46-35-47(39-50(67)38-46)54-14-10-12-16-58(54)52-24-20-45(34-41(52)2)64-62-26-18-43-37-49(66(6,7)8)22-28-56(43)60(62)30-32-69-64/h9-39H,67H2,1-8H3. The first-order valence-electron chi connectivity index (χ1n) is 24.4. The Kier molecular flexibility index (Phi) is 10.7. The van der Waals surface area contributed by atoms with E-state index in [1.165, 1.54) is 115 Å². The van der Waals surface area contributed by atoms with Gasteiger partial charge in [-0.3, -0.25) is 9.97 Å². The van der Waals surface area contributed by atoms with Crippen LogP contribution in [0.3, 0.4) is 0 Å². The molecule has 0 unspecified atom stereocenters. The molecular formula is C66H57BN2. The van der Waals surface area contributed by atoms with Crippen molar-refractivity contribution >= 4 is 56.4 Å². The fourth-order valence-electron chi connectivity index (χ4n) is 10.6. The highest BCUT2D eigenvalue weighted by molar-refractivity contribution is 6.33. The average Bonchev–Trinajstić information content (AvgIpc) is 3.34. The van der Waals surface area contributed by atoms with Crippen LogP contribution in [0.2, 0.25) is 0 Å². The molecule has 11 rings (SSSR count). The highest BCUT2D eigenvalue weighted by Gasteiger charge is 2.20. The first-order chi connectivity index (χ1) is 33.2. The summed E-state index contributed by atoms with van der Waals surface area (Å²) in [4.78, 5) is 9.95. The Labute approximate surface area is 408 Å². The van der Waals surface area contributed by atoms with Crippen LogP contribution in [-0.4, -0.2) is 17.8 Å².